The maximum atomic E-state index is 12.2. The molecule has 148 valence electrons. The molecule has 28 heavy (non-hydrogen) atoms. The van der Waals surface area contributed by atoms with Crippen LogP contribution < -0.4 is 10.5 Å². The minimum Gasteiger partial charge on any atom is -0.449 e. The van der Waals surface area contributed by atoms with E-state index < -0.39 is 28.0 Å². The summed E-state index contributed by atoms with van der Waals surface area (Å²) < 4.78 is 27.8. The fourth-order valence-corrected chi connectivity index (χ4v) is 2.85. The number of primary sulfonamides is 1. The zero-order valence-electron chi connectivity index (χ0n) is 15.6. The summed E-state index contributed by atoms with van der Waals surface area (Å²) >= 11 is 0. The highest BCUT2D eigenvalue weighted by molar-refractivity contribution is 7.89. The van der Waals surface area contributed by atoms with Crippen molar-refractivity contribution >= 4 is 33.7 Å². The van der Waals surface area contributed by atoms with Crippen molar-refractivity contribution in [1.29, 1.82) is 0 Å². The molecule has 0 spiro atoms. The van der Waals surface area contributed by atoms with E-state index in [9.17, 15) is 18.0 Å². The lowest BCUT2D eigenvalue weighted by atomic mass is 10.1. The smallest absolute Gasteiger partial charge is 0.331 e. The van der Waals surface area contributed by atoms with Crippen molar-refractivity contribution in [2.75, 3.05) is 5.32 Å². The van der Waals surface area contributed by atoms with E-state index in [2.05, 4.69) is 12.2 Å². The van der Waals surface area contributed by atoms with Crippen LogP contribution in [-0.2, 0) is 30.8 Å². The van der Waals surface area contributed by atoms with E-state index in [1.54, 1.807) is 6.08 Å². The Labute approximate surface area is 164 Å². The lowest BCUT2D eigenvalue weighted by Gasteiger charge is -2.12. The summed E-state index contributed by atoms with van der Waals surface area (Å²) in [5.74, 6) is -1.26. The van der Waals surface area contributed by atoms with Crippen molar-refractivity contribution in [3.63, 3.8) is 0 Å². The van der Waals surface area contributed by atoms with Crippen LogP contribution in [0.4, 0.5) is 5.69 Å². The highest BCUT2D eigenvalue weighted by Gasteiger charge is 2.17. The molecule has 0 bridgehead atoms. The molecule has 1 atom stereocenters. The third-order valence-electron chi connectivity index (χ3n) is 3.89. The second kappa shape index (κ2) is 9.29. The summed E-state index contributed by atoms with van der Waals surface area (Å²) in [5, 5.41) is 7.55. The number of ether oxygens (including phenoxy) is 1. The number of nitrogens with two attached hydrogens (primary N) is 1. The van der Waals surface area contributed by atoms with Gasteiger partial charge in [-0.15, -0.1) is 0 Å². The Kier molecular flexibility index (Phi) is 7.08. The molecular weight excluding hydrogens is 380 g/mol. The van der Waals surface area contributed by atoms with E-state index in [0.717, 1.165) is 12.0 Å². The quantitative estimate of drug-likeness (QED) is 0.545. The van der Waals surface area contributed by atoms with Crippen LogP contribution in [0.3, 0.4) is 0 Å². The third kappa shape index (κ3) is 6.33. The second-order valence-corrected chi connectivity index (χ2v) is 7.63. The highest BCUT2D eigenvalue weighted by Crippen LogP contribution is 2.15. The molecule has 0 saturated carbocycles. The molecule has 0 radical (unpaired) electrons. The first-order chi connectivity index (χ1) is 13.2. The zero-order chi connectivity index (χ0) is 20.7. The predicted molar refractivity (Wildman–Crippen MR) is 107 cm³/mol. The first-order valence-electron chi connectivity index (χ1n) is 8.60. The molecule has 7 nitrogen and oxygen atoms in total. The molecular formula is C20H22N2O5S. The Morgan fingerprint density at radius 1 is 1.18 bits per heavy atom. The summed E-state index contributed by atoms with van der Waals surface area (Å²) in [4.78, 5) is 23.9. The molecule has 0 saturated heterocycles. The first kappa shape index (κ1) is 21.3. The summed E-state index contributed by atoms with van der Waals surface area (Å²) in [7, 11) is -3.88. The molecule has 0 aliphatic carbocycles. The van der Waals surface area contributed by atoms with Crippen LogP contribution in [0.15, 0.2) is 59.5 Å². The largest absolute Gasteiger partial charge is 0.449 e. The van der Waals surface area contributed by atoms with Crippen molar-refractivity contribution in [3.8, 4) is 0 Å². The maximum Gasteiger partial charge on any atom is 0.331 e. The highest BCUT2D eigenvalue weighted by atomic mass is 32.2. The molecule has 1 amide bonds. The number of carbonyl (C=O) groups is 2. The number of rotatable bonds is 7. The molecule has 2 rings (SSSR count). The van der Waals surface area contributed by atoms with Gasteiger partial charge in [0.25, 0.3) is 5.91 Å². The topological polar surface area (TPSA) is 116 Å². The number of hydrogen-bond donors (Lipinski definition) is 2. The van der Waals surface area contributed by atoms with Gasteiger partial charge in [0, 0.05) is 11.8 Å². The van der Waals surface area contributed by atoms with E-state index in [1.807, 2.05) is 24.3 Å². The van der Waals surface area contributed by atoms with E-state index >= 15 is 0 Å². The molecule has 2 aromatic carbocycles. The molecule has 0 aliphatic rings. The van der Waals surface area contributed by atoms with Gasteiger partial charge in [0.1, 0.15) is 0 Å². The van der Waals surface area contributed by atoms with Crippen LogP contribution in [0.5, 0.6) is 0 Å². The Hall–Kier alpha value is -2.97. The third-order valence-corrected chi connectivity index (χ3v) is 4.80. The Morgan fingerprint density at radius 2 is 1.86 bits per heavy atom. The SMILES string of the molecule is CCc1ccc(/C=C/C(=O)O[C@@H](C)C(=O)Nc2cccc(S(N)(=O)=O)c2)cc1. The van der Waals surface area contributed by atoms with Gasteiger partial charge in [0.2, 0.25) is 10.0 Å². The van der Waals surface area contributed by atoms with Crippen LogP contribution >= 0.6 is 0 Å². The van der Waals surface area contributed by atoms with Crippen molar-refractivity contribution in [2.45, 2.75) is 31.3 Å². The summed E-state index contributed by atoms with van der Waals surface area (Å²) in [6, 6.07) is 13.2. The van der Waals surface area contributed by atoms with Gasteiger partial charge < -0.3 is 10.1 Å². The van der Waals surface area contributed by atoms with Gasteiger partial charge in [-0.1, -0.05) is 37.3 Å². The Morgan fingerprint density at radius 3 is 2.46 bits per heavy atom. The average molecular weight is 402 g/mol. The van der Waals surface area contributed by atoms with Gasteiger partial charge in [-0.05, 0) is 48.7 Å². The van der Waals surface area contributed by atoms with Crippen LogP contribution in [0.2, 0.25) is 0 Å². The van der Waals surface area contributed by atoms with Crippen LogP contribution in [0.25, 0.3) is 6.08 Å². The van der Waals surface area contributed by atoms with Gasteiger partial charge in [0.05, 0.1) is 4.90 Å². The van der Waals surface area contributed by atoms with Crippen molar-refractivity contribution in [2.24, 2.45) is 5.14 Å². The molecule has 2 aromatic rings. The van der Waals surface area contributed by atoms with Crippen LogP contribution in [-0.4, -0.2) is 26.4 Å². The van der Waals surface area contributed by atoms with Gasteiger partial charge in [0.15, 0.2) is 6.10 Å². The number of esters is 1. The summed E-state index contributed by atoms with van der Waals surface area (Å²) in [5.41, 5.74) is 2.26. The second-order valence-electron chi connectivity index (χ2n) is 6.07. The minimum absolute atomic E-state index is 0.132. The van der Waals surface area contributed by atoms with Gasteiger partial charge in [-0.3, -0.25) is 4.79 Å². The number of nitrogens with one attached hydrogen (secondary N) is 1. The molecule has 8 heteroatoms. The Bertz CT molecular complexity index is 982. The van der Waals surface area contributed by atoms with Gasteiger partial charge >= 0.3 is 5.97 Å². The van der Waals surface area contributed by atoms with E-state index in [0.29, 0.717) is 0 Å². The zero-order valence-corrected chi connectivity index (χ0v) is 16.4. The molecule has 0 heterocycles. The number of hydrogen-bond acceptors (Lipinski definition) is 5. The normalized spacial score (nSPS) is 12.5. The molecule has 0 unspecified atom stereocenters. The fourth-order valence-electron chi connectivity index (χ4n) is 2.29. The van der Waals surface area contributed by atoms with E-state index in [1.165, 1.54) is 42.8 Å². The lowest BCUT2D eigenvalue weighted by molar-refractivity contribution is -0.148. The van der Waals surface area contributed by atoms with E-state index in [-0.39, 0.29) is 10.6 Å². The summed E-state index contributed by atoms with van der Waals surface area (Å²) in [6.07, 6.45) is 2.70. The molecule has 3 N–H and O–H groups in total. The summed E-state index contributed by atoms with van der Waals surface area (Å²) in [6.45, 7) is 3.47. The fraction of sp³-hybridized carbons (Fsp3) is 0.200. The number of carbonyl (C=O) groups excluding carboxylic acids is 2. The lowest BCUT2D eigenvalue weighted by Crippen LogP contribution is -2.29. The number of aryl methyl sites for hydroxylation is 1. The molecule has 0 aliphatic heterocycles. The minimum atomic E-state index is -3.88. The number of benzene rings is 2. The number of sulfonamides is 1. The molecule has 0 fully saturated rings. The van der Waals surface area contributed by atoms with E-state index in [4.69, 9.17) is 9.88 Å². The predicted octanol–water partition coefficient (Wildman–Crippen LogP) is 2.48. The van der Waals surface area contributed by atoms with Crippen molar-refractivity contribution < 1.29 is 22.7 Å². The monoisotopic (exact) mass is 402 g/mol. The average Bonchev–Trinajstić information content (AvgIpc) is 2.66. The van der Waals surface area contributed by atoms with Crippen LogP contribution in [0, 0.1) is 0 Å². The van der Waals surface area contributed by atoms with Crippen molar-refractivity contribution in [3.05, 3.63) is 65.7 Å². The number of anilines is 1. The first-order valence-corrected chi connectivity index (χ1v) is 10.1. The van der Waals surface area contributed by atoms with Crippen LogP contribution in [0.1, 0.15) is 25.0 Å². The Balaban J connectivity index is 1.94. The van der Waals surface area contributed by atoms with Gasteiger partial charge in [-0.25, -0.2) is 18.4 Å². The maximum absolute atomic E-state index is 12.2. The molecule has 0 aromatic heterocycles. The number of amides is 1. The standard InChI is InChI=1S/C20H22N2O5S/c1-3-15-7-9-16(10-8-15)11-12-19(23)27-14(2)20(24)22-17-5-4-6-18(13-17)28(21,25)26/h4-14H,3H2,1-2H3,(H,22,24)(H2,21,25,26)/b12-11+/t14-/m0/s1. The van der Waals surface area contributed by atoms with Gasteiger partial charge in [-0.2, -0.15) is 0 Å². The van der Waals surface area contributed by atoms with Crippen molar-refractivity contribution in [1.82, 2.24) is 0 Å².